The molecule has 28 heavy (non-hydrogen) atoms. The zero-order valence-corrected chi connectivity index (χ0v) is 17.1. The third-order valence-electron chi connectivity index (χ3n) is 4.21. The Labute approximate surface area is 172 Å². The van der Waals surface area contributed by atoms with Gasteiger partial charge in [0.15, 0.2) is 5.78 Å². The summed E-state index contributed by atoms with van der Waals surface area (Å²) in [5, 5.41) is 0.339. The first kappa shape index (κ1) is 20.9. The van der Waals surface area contributed by atoms with Gasteiger partial charge in [-0.2, -0.15) is 13.2 Å². The fourth-order valence-electron chi connectivity index (χ4n) is 2.82. The van der Waals surface area contributed by atoms with Crippen molar-refractivity contribution < 1.29 is 26.4 Å². The molecule has 0 aromatic heterocycles. The highest BCUT2D eigenvalue weighted by Gasteiger charge is 2.36. The molecule has 0 amide bonds. The summed E-state index contributed by atoms with van der Waals surface area (Å²) in [5.74, 6) is -0.282. The maximum Gasteiger partial charge on any atom is 0.416 e. The number of alkyl halides is 3. The van der Waals surface area contributed by atoms with Crippen molar-refractivity contribution in [3.63, 3.8) is 0 Å². The number of sulfonamides is 1. The van der Waals surface area contributed by atoms with E-state index in [0.29, 0.717) is 27.2 Å². The quantitative estimate of drug-likeness (QED) is 0.579. The molecule has 2 aromatic carbocycles. The van der Waals surface area contributed by atoms with Crippen molar-refractivity contribution >= 4 is 43.3 Å². The Morgan fingerprint density at radius 2 is 1.75 bits per heavy atom. The molecular formula is C18H12BrClF3NO3S. The second-order valence-electron chi connectivity index (χ2n) is 6.00. The zero-order chi connectivity index (χ0) is 20.7. The van der Waals surface area contributed by atoms with Gasteiger partial charge in [-0.25, -0.2) is 8.42 Å². The minimum absolute atomic E-state index is 0.130. The summed E-state index contributed by atoms with van der Waals surface area (Å²) in [4.78, 5) is 11.6. The molecule has 1 aliphatic heterocycles. The van der Waals surface area contributed by atoms with Crippen LogP contribution in [0, 0.1) is 0 Å². The van der Waals surface area contributed by atoms with Crippen molar-refractivity contribution in [3.05, 3.63) is 75.4 Å². The molecule has 1 heterocycles. The number of carbonyl (C=O) groups is 1. The van der Waals surface area contributed by atoms with Gasteiger partial charge in [-0.15, -0.1) is 0 Å². The average molecular weight is 495 g/mol. The minimum Gasteiger partial charge on any atom is -0.295 e. The van der Waals surface area contributed by atoms with Gasteiger partial charge in [-0.3, -0.25) is 9.10 Å². The van der Waals surface area contributed by atoms with E-state index >= 15 is 0 Å². The van der Waals surface area contributed by atoms with Crippen LogP contribution in [0.5, 0.6) is 0 Å². The number of halogens is 5. The fourth-order valence-corrected chi connectivity index (χ4v) is 5.00. The molecule has 0 spiro atoms. The molecule has 2 aromatic rings. The summed E-state index contributed by atoms with van der Waals surface area (Å²) in [6.07, 6.45) is -2.46. The van der Waals surface area contributed by atoms with Crippen molar-refractivity contribution in [3.8, 4) is 0 Å². The van der Waals surface area contributed by atoms with Crippen LogP contribution in [0.2, 0.25) is 5.02 Å². The summed E-state index contributed by atoms with van der Waals surface area (Å²) in [6.45, 7) is 0. The third kappa shape index (κ3) is 3.97. The Morgan fingerprint density at radius 1 is 1.11 bits per heavy atom. The van der Waals surface area contributed by atoms with Crippen molar-refractivity contribution in [2.45, 2.75) is 23.5 Å². The van der Waals surface area contributed by atoms with Crippen LogP contribution in [0.25, 0.3) is 0 Å². The number of ketones is 1. The largest absolute Gasteiger partial charge is 0.416 e. The number of benzene rings is 2. The van der Waals surface area contributed by atoms with Crippen LogP contribution >= 0.6 is 27.5 Å². The predicted octanol–water partition coefficient (Wildman–Crippen LogP) is 5.34. The van der Waals surface area contributed by atoms with E-state index in [4.69, 9.17) is 11.6 Å². The second-order valence-corrected chi connectivity index (χ2v) is 9.05. The number of nitrogens with zero attached hydrogens (tertiary/aromatic N) is 1. The summed E-state index contributed by atoms with van der Waals surface area (Å²) >= 11 is 9.39. The minimum atomic E-state index is -4.58. The standard InChI is InChI=1S/C18H12BrClF3NO3S/c19-17-14(2-1-3-15(17)20)16-10-12(25)8-9-24(16)28(26,27)13-6-4-11(5-7-13)18(21,22)23/h1-9,16H,10H2. The van der Waals surface area contributed by atoms with Crippen molar-refractivity contribution in [1.82, 2.24) is 4.31 Å². The molecule has 10 heteroatoms. The van der Waals surface area contributed by atoms with Crippen molar-refractivity contribution in [2.24, 2.45) is 0 Å². The smallest absolute Gasteiger partial charge is 0.295 e. The molecule has 0 aliphatic carbocycles. The molecular weight excluding hydrogens is 483 g/mol. The Morgan fingerprint density at radius 3 is 2.36 bits per heavy atom. The second kappa shape index (κ2) is 7.53. The molecule has 148 valence electrons. The number of carbonyl (C=O) groups excluding carboxylic acids is 1. The van der Waals surface area contributed by atoms with Gasteiger partial charge < -0.3 is 0 Å². The average Bonchev–Trinajstić information content (AvgIpc) is 2.63. The topological polar surface area (TPSA) is 54.5 Å². The lowest BCUT2D eigenvalue weighted by Gasteiger charge is -2.33. The summed E-state index contributed by atoms with van der Waals surface area (Å²) in [5.41, 5.74) is -0.481. The van der Waals surface area contributed by atoms with Crippen molar-refractivity contribution in [1.29, 1.82) is 0 Å². The van der Waals surface area contributed by atoms with Crippen molar-refractivity contribution in [2.75, 3.05) is 0 Å². The Bertz CT molecular complexity index is 1050. The molecule has 0 saturated carbocycles. The maximum atomic E-state index is 13.1. The van der Waals surface area contributed by atoms with Crippen LogP contribution in [0.15, 0.2) is 64.1 Å². The number of allylic oxidation sites excluding steroid dienone is 1. The van der Waals surface area contributed by atoms with Crippen LogP contribution in [0.4, 0.5) is 13.2 Å². The number of rotatable bonds is 3. The summed E-state index contributed by atoms with van der Waals surface area (Å²) in [7, 11) is -4.21. The van der Waals surface area contributed by atoms with Gasteiger partial charge in [0.25, 0.3) is 10.0 Å². The van der Waals surface area contributed by atoms with Crippen LogP contribution in [-0.4, -0.2) is 18.5 Å². The first-order chi connectivity index (χ1) is 13.0. The first-order valence-electron chi connectivity index (χ1n) is 7.87. The van der Waals surface area contributed by atoms with Crippen LogP contribution in [0.1, 0.15) is 23.6 Å². The third-order valence-corrected chi connectivity index (χ3v) is 7.43. The number of hydrogen-bond donors (Lipinski definition) is 0. The van der Waals surface area contributed by atoms with E-state index in [9.17, 15) is 26.4 Å². The molecule has 0 bridgehead atoms. The van der Waals surface area contributed by atoms with Gasteiger partial charge >= 0.3 is 6.18 Å². The Balaban J connectivity index is 2.06. The lowest BCUT2D eigenvalue weighted by Crippen LogP contribution is -2.34. The highest BCUT2D eigenvalue weighted by atomic mass is 79.9. The lowest BCUT2D eigenvalue weighted by atomic mass is 9.99. The van der Waals surface area contributed by atoms with E-state index in [2.05, 4.69) is 15.9 Å². The summed E-state index contributed by atoms with van der Waals surface area (Å²) < 4.78 is 65.8. The van der Waals surface area contributed by atoms with E-state index in [1.165, 1.54) is 0 Å². The summed E-state index contributed by atoms with van der Waals surface area (Å²) in [6, 6.07) is 7.16. The van der Waals surface area contributed by atoms with E-state index in [1.807, 2.05) is 0 Å². The van der Waals surface area contributed by atoms with Crippen LogP contribution in [0.3, 0.4) is 0 Å². The normalized spacial score (nSPS) is 17.8. The van der Waals surface area contributed by atoms with E-state index in [-0.39, 0.29) is 17.1 Å². The van der Waals surface area contributed by atoms with Crippen LogP contribution < -0.4 is 0 Å². The van der Waals surface area contributed by atoms with E-state index in [0.717, 1.165) is 28.7 Å². The van der Waals surface area contributed by atoms with Gasteiger partial charge in [-0.1, -0.05) is 23.7 Å². The van der Waals surface area contributed by atoms with Gasteiger partial charge in [0, 0.05) is 17.1 Å². The van der Waals surface area contributed by atoms with Gasteiger partial charge in [0.1, 0.15) is 0 Å². The van der Waals surface area contributed by atoms with E-state index < -0.39 is 27.8 Å². The maximum absolute atomic E-state index is 13.1. The fraction of sp³-hybridized carbons (Fsp3) is 0.167. The number of hydrogen-bond acceptors (Lipinski definition) is 3. The first-order valence-corrected chi connectivity index (χ1v) is 10.5. The predicted molar refractivity (Wildman–Crippen MR) is 101 cm³/mol. The van der Waals surface area contributed by atoms with E-state index in [1.54, 1.807) is 18.2 Å². The molecule has 1 unspecified atom stereocenters. The molecule has 0 N–H and O–H groups in total. The highest BCUT2D eigenvalue weighted by molar-refractivity contribution is 9.10. The van der Waals surface area contributed by atoms with Gasteiger partial charge in [0.2, 0.25) is 0 Å². The molecule has 3 rings (SSSR count). The van der Waals surface area contributed by atoms with Gasteiger partial charge in [-0.05, 0) is 57.9 Å². The molecule has 4 nitrogen and oxygen atoms in total. The molecule has 0 saturated heterocycles. The molecule has 0 fully saturated rings. The zero-order valence-electron chi connectivity index (χ0n) is 14.0. The van der Waals surface area contributed by atoms with Crippen LogP contribution in [-0.2, 0) is 21.0 Å². The molecule has 1 aliphatic rings. The molecule has 1 atom stereocenters. The van der Waals surface area contributed by atoms with Gasteiger partial charge in [0.05, 0.1) is 21.5 Å². The monoisotopic (exact) mass is 493 g/mol. The molecule has 0 radical (unpaired) electrons. The Kier molecular flexibility index (Phi) is 5.62. The SMILES string of the molecule is O=C1C=CN(S(=O)(=O)c2ccc(C(F)(F)F)cc2)C(c2cccc(Cl)c2Br)C1. The Hall–Kier alpha value is -1.84. The lowest BCUT2D eigenvalue weighted by molar-refractivity contribution is -0.137. The highest BCUT2D eigenvalue weighted by Crippen LogP contribution is 2.39.